The van der Waals surface area contributed by atoms with E-state index in [0.717, 1.165) is 36.6 Å². The van der Waals surface area contributed by atoms with Crippen molar-refractivity contribution in [1.82, 2.24) is 4.98 Å². The molecule has 20 heavy (non-hydrogen) atoms. The number of amides is 1. The minimum absolute atomic E-state index is 0.265. The predicted molar refractivity (Wildman–Crippen MR) is 85.8 cm³/mol. The van der Waals surface area contributed by atoms with Gasteiger partial charge in [0.15, 0.2) is 0 Å². The number of cyclic esters (lactones) is 1. The Bertz CT molecular complexity index is 877. The number of fused-ring (bicyclic) bond motifs is 4. The molecule has 1 N–H and O–H groups in total. The van der Waals surface area contributed by atoms with E-state index >= 15 is 0 Å². The zero-order valence-corrected chi connectivity index (χ0v) is 12.5. The molecule has 98 valence electrons. The fraction of sp³-hybridized carbons (Fsp3) is 0.0667. The Hall–Kier alpha value is -1.89. The number of pyridine rings is 1. The number of rotatable bonds is 0. The molecule has 0 fully saturated rings. The van der Waals surface area contributed by atoms with E-state index < -0.39 is 6.09 Å². The number of halogens is 1. The highest BCUT2D eigenvalue weighted by atomic mass is 127. The first-order valence-electron chi connectivity index (χ1n) is 6.16. The summed E-state index contributed by atoms with van der Waals surface area (Å²) in [5.74, 6) is 0. The van der Waals surface area contributed by atoms with Gasteiger partial charge >= 0.3 is 6.09 Å². The smallest absolute Gasteiger partial charge is 0.411 e. The number of carbonyl (C=O) groups excluding carboxylic acids is 1. The topological polar surface area (TPSA) is 51.2 Å². The molecule has 0 aliphatic carbocycles. The maximum Gasteiger partial charge on any atom is 0.411 e. The van der Waals surface area contributed by atoms with Crippen molar-refractivity contribution in [2.24, 2.45) is 0 Å². The predicted octanol–water partition coefficient (Wildman–Crippen LogP) is 4.05. The van der Waals surface area contributed by atoms with Crippen LogP contribution in [-0.2, 0) is 11.3 Å². The number of nitrogens with zero attached hydrogens (tertiary/aromatic N) is 1. The Morgan fingerprint density at radius 3 is 2.90 bits per heavy atom. The lowest BCUT2D eigenvalue weighted by molar-refractivity contribution is 0.152. The highest BCUT2D eigenvalue weighted by Gasteiger charge is 2.18. The van der Waals surface area contributed by atoms with Crippen molar-refractivity contribution in [3.63, 3.8) is 0 Å². The fourth-order valence-electron chi connectivity index (χ4n) is 2.47. The van der Waals surface area contributed by atoms with Crippen molar-refractivity contribution in [2.45, 2.75) is 6.61 Å². The normalized spacial score (nSPS) is 13.9. The number of aromatic nitrogens is 1. The summed E-state index contributed by atoms with van der Waals surface area (Å²) in [5, 5.41) is 4.87. The van der Waals surface area contributed by atoms with Crippen molar-refractivity contribution in [3.05, 3.63) is 45.5 Å². The molecular formula is C15H9IN2O2. The van der Waals surface area contributed by atoms with Gasteiger partial charge in [-0.15, -0.1) is 0 Å². The molecule has 0 unspecified atom stereocenters. The number of benzene rings is 2. The number of carbonyl (C=O) groups is 1. The van der Waals surface area contributed by atoms with Crippen LogP contribution in [0.3, 0.4) is 0 Å². The van der Waals surface area contributed by atoms with Crippen LogP contribution in [-0.4, -0.2) is 11.1 Å². The van der Waals surface area contributed by atoms with E-state index in [1.807, 2.05) is 12.1 Å². The van der Waals surface area contributed by atoms with Crippen LogP contribution in [0.4, 0.5) is 10.5 Å². The second-order valence-electron chi connectivity index (χ2n) is 4.69. The van der Waals surface area contributed by atoms with Gasteiger partial charge < -0.3 is 4.74 Å². The number of hydrogen-bond donors (Lipinski definition) is 1. The lowest BCUT2D eigenvalue weighted by Gasteiger charge is -2.18. The Morgan fingerprint density at radius 2 is 2.00 bits per heavy atom. The first kappa shape index (κ1) is 11.9. The van der Waals surface area contributed by atoms with Crippen LogP contribution in [0, 0.1) is 3.57 Å². The molecule has 2 aromatic carbocycles. The molecule has 4 rings (SSSR count). The largest absolute Gasteiger partial charge is 0.444 e. The molecule has 1 aliphatic heterocycles. The van der Waals surface area contributed by atoms with E-state index in [1.54, 1.807) is 0 Å². The molecule has 3 aromatic rings. The van der Waals surface area contributed by atoms with E-state index in [-0.39, 0.29) is 6.61 Å². The molecule has 5 heteroatoms. The third-order valence-electron chi connectivity index (χ3n) is 3.43. The minimum Gasteiger partial charge on any atom is -0.444 e. The number of hydrogen-bond acceptors (Lipinski definition) is 3. The summed E-state index contributed by atoms with van der Waals surface area (Å²) in [6.07, 6.45) is -0.410. The molecule has 2 heterocycles. The number of ether oxygens (including phenoxy) is 1. The summed E-state index contributed by atoms with van der Waals surface area (Å²) in [6.45, 7) is 0.265. The van der Waals surface area contributed by atoms with Gasteiger partial charge in [-0.1, -0.05) is 12.1 Å². The SMILES string of the molecule is O=C1Nc2ccc3cc4ccc(I)cc4nc3c2CO1. The number of anilines is 1. The van der Waals surface area contributed by atoms with E-state index in [4.69, 9.17) is 9.72 Å². The molecule has 0 saturated carbocycles. The lowest BCUT2D eigenvalue weighted by Crippen LogP contribution is -2.20. The molecule has 1 amide bonds. The van der Waals surface area contributed by atoms with Gasteiger partial charge in [0.2, 0.25) is 0 Å². The zero-order chi connectivity index (χ0) is 13.7. The summed E-state index contributed by atoms with van der Waals surface area (Å²) in [5.41, 5.74) is 3.56. The molecule has 0 bridgehead atoms. The molecule has 0 spiro atoms. The van der Waals surface area contributed by atoms with Crippen molar-refractivity contribution >= 4 is 56.2 Å². The van der Waals surface area contributed by atoms with Gasteiger partial charge in [-0.05, 0) is 46.9 Å². The summed E-state index contributed by atoms with van der Waals surface area (Å²) >= 11 is 2.28. The van der Waals surface area contributed by atoms with Crippen LogP contribution in [0.1, 0.15) is 5.56 Å². The van der Waals surface area contributed by atoms with Crippen LogP contribution in [0.25, 0.3) is 21.8 Å². The second kappa shape index (κ2) is 4.31. The maximum atomic E-state index is 11.3. The van der Waals surface area contributed by atoms with Crippen LogP contribution in [0.5, 0.6) is 0 Å². The Kier molecular flexibility index (Phi) is 2.56. The van der Waals surface area contributed by atoms with Crippen LogP contribution >= 0.6 is 22.6 Å². The first-order valence-corrected chi connectivity index (χ1v) is 7.24. The quantitative estimate of drug-likeness (QED) is 0.476. The van der Waals surface area contributed by atoms with Gasteiger partial charge in [0.05, 0.1) is 16.7 Å². The Labute approximate surface area is 128 Å². The number of nitrogens with one attached hydrogen (secondary N) is 1. The second-order valence-corrected chi connectivity index (χ2v) is 5.94. The third-order valence-corrected chi connectivity index (χ3v) is 4.11. The van der Waals surface area contributed by atoms with E-state index in [0.29, 0.717) is 0 Å². The summed E-state index contributed by atoms with van der Waals surface area (Å²) in [6, 6.07) is 12.2. The third kappa shape index (κ3) is 1.81. The zero-order valence-electron chi connectivity index (χ0n) is 10.3. The van der Waals surface area contributed by atoms with Gasteiger partial charge in [-0.3, -0.25) is 5.32 Å². The first-order chi connectivity index (χ1) is 9.70. The molecular weight excluding hydrogens is 367 g/mol. The maximum absolute atomic E-state index is 11.3. The minimum atomic E-state index is -0.410. The monoisotopic (exact) mass is 376 g/mol. The molecule has 0 radical (unpaired) electrons. The Morgan fingerprint density at radius 1 is 1.15 bits per heavy atom. The van der Waals surface area contributed by atoms with Gasteiger partial charge in [-0.25, -0.2) is 9.78 Å². The standard InChI is InChI=1S/C15H9IN2O2/c16-10-3-1-8-5-9-2-4-12-11(7-20-15(19)18-12)14(9)17-13(8)6-10/h1-6H,7H2,(H,18,19). The highest BCUT2D eigenvalue weighted by molar-refractivity contribution is 14.1. The van der Waals surface area contributed by atoms with Crippen LogP contribution < -0.4 is 5.32 Å². The van der Waals surface area contributed by atoms with Crippen LogP contribution in [0.15, 0.2) is 36.4 Å². The van der Waals surface area contributed by atoms with Crippen molar-refractivity contribution in [3.8, 4) is 0 Å². The average molecular weight is 376 g/mol. The highest BCUT2D eigenvalue weighted by Crippen LogP contribution is 2.30. The van der Waals surface area contributed by atoms with E-state index in [9.17, 15) is 4.79 Å². The molecule has 0 atom stereocenters. The van der Waals surface area contributed by atoms with Crippen molar-refractivity contribution < 1.29 is 9.53 Å². The summed E-state index contributed by atoms with van der Waals surface area (Å²) < 4.78 is 6.21. The molecule has 4 nitrogen and oxygen atoms in total. The molecule has 1 aliphatic rings. The Balaban J connectivity index is 2.06. The fourth-order valence-corrected chi connectivity index (χ4v) is 2.95. The van der Waals surface area contributed by atoms with Gasteiger partial charge in [0.1, 0.15) is 6.61 Å². The van der Waals surface area contributed by atoms with E-state index in [1.165, 1.54) is 0 Å². The summed E-state index contributed by atoms with van der Waals surface area (Å²) in [7, 11) is 0. The van der Waals surface area contributed by atoms with Crippen molar-refractivity contribution in [2.75, 3.05) is 5.32 Å². The van der Waals surface area contributed by atoms with E-state index in [2.05, 4.69) is 52.2 Å². The summed E-state index contributed by atoms with van der Waals surface area (Å²) in [4.78, 5) is 16.0. The van der Waals surface area contributed by atoms with Crippen LogP contribution in [0.2, 0.25) is 0 Å². The van der Waals surface area contributed by atoms with Gasteiger partial charge in [0.25, 0.3) is 0 Å². The average Bonchev–Trinajstić information content (AvgIpc) is 2.44. The van der Waals surface area contributed by atoms with Crippen molar-refractivity contribution in [1.29, 1.82) is 0 Å². The molecule has 0 saturated heterocycles. The van der Waals surface area contributed by atoms with Gasteiger partial charge in [0, 0.05) is 19.9 Å². The lowest BCUT2D eigenvalue weighted by atomic mass is 10.0. The van der Waals surface area contributed by atoms with Gasteiger partial charge in [-0.2, -0.15) is 0 Å². The molecule has 1 aromatic heterocycles.